The van der Waals surface area contributed by atoms with Crippen LogP contribution in [0, 0.1) is 12.7 Å². The van der Waals surface area contributed by atoms with E-state index < -0.39 is 11.9 Å². The zero-order chi connectivity index (χ0) is 18.6. The number of anilines is 1. The van der Waals surface area contributed by atoms with Gasteiger partial charge in [-0.15, -0.1) is 0 Å². The summed E-state index contributed by atoms with van der Waals surface area (Å²) in [5.41, 5.74) is 0.610. The Morgan fingerprint density at radius 2 is 1.80 bits per heavy atom. The van der Waals surface area contributed by atoms with Crippen LogP contribution in [0.15, 0.2) is 30.3 Å². The van der Waals surface area contributed by atoms with Crippen LogP contribution in [0.4, 0.5) is 10.1 Å². The van der Waals surface area contributed by atoms with Gasteiger partial charge < -0.3 is 14.8 Å². The van der Waals surface area contributed by atoms with Crippen LogP contribution in [0.5, 0.6) is 11.5 Å². The van der Waals surface area contributed by atoms with Gasteiger partial charge in [-0.05, 0) is 49.7 Å². The topological polar surface area (TPSA) is 64.6 Å². The third-order valence-corrected chi connectivity index (χ3v) is 3.63. The van der Waals surface area contributed by atoms with Gasteiger partial charge in [-0.2, -0.15) is 0 Å². The van der Waals surface area contributed by atoms with Crippen molar-refractivity contribution in [2.75, 3.05) is 11.9 Å². The molecular formula is C17H14Cl2FNO4. The van der Waals surface area contributed by atoms with Gasteiger partial charge in [0.15, 0.2) is 5.75 Å². The molecule has 0 heterocycles. The molecule has 0 saturated carbocycles. The highest BCUT2D eigenvalue weighted by Crippen LogP contribution is 2.39. The highest BCUT2D eigenvalue weighted by atomic mass is 35.5. The number of benzene rings is 2. The van der Waals surface area contributed by atoms with Gasteiger partial charge in [0, 0.05) is 5.69 Å². The molecule has 5 nitrogen and oxygen atoms in total. The third kappa shape index (κ3) is 4.84. The van der Waals surface area contributed by atoms with Crippen molar-refractivity contribution in [1.82, 2.24) is 0 Å². The molecule has 0 bridgehead atoms. The van der Waals surface area contributed by atoms with E-state index >= 15 is 0 Å². The summed E-state index contributed by atoms with van der Waals surface area (Å²) in [4.78, 5) is 23.0. The number of carbonyl (C=O) groups is 2. The number of carbonyl (C=O) groups excluding carboxylic acids is 2. The van der Waals surface area contributed by atoms with Gasteiger partial charge in [0.1, 0.15) is 11.6 Å². The van der Waals surface area contributed by atoms with Crippen molar-refractivity contribution < 1.29 is 23.5 Å². The van der Waals surface area contributed by atoms with Crippen molar-refractivity contribution in [2.24, 2.45) is 0 Å². The number of rotatable bonds is 4. The number of aryl methyl sites for hydroxylation is 1. The number of esters is 1. The molecule has 132 valence electrons. The Kier molecular flexibility index (Phi) is 6.22. The molecule has 0 radical (unpaired) electrons. The maximum absolute atomic E-state index is 13.3. The summed E-state index contributed by atoms with van der Waals surface area (Å²) in [6, 6.07) is 6.94. The lowest BCUT2D eigenvalue weighted by Crippen LogP contribution is -2.24. The van der Waals surface area contributed by atoms with Crippen LogP contribution in [0.2, 0.25) is 10.0 Å². The summed E-state index contributed by atoms with van der Waals surface area (Å²) in [6.07, 6.45) is 0. The molecule has 2 aromatic carbocycles. The standard InChI is InChI=1S/C17H14Cl2FNO4/c1-3-24-17(23)16(22)21-10-7-12(18)15(13(19)8-10)25-11-4-5-14(20)9(2)6-11/h4-8H,3H2,1-2H3,(H,21,22). The van der Waals surface area contributed by atoms with E-state index in [-0.39, 0.29) is 33.9 Å². The Morgan fingerprint density at radius 3 is 2.36 bits per heavy atom. The van der Waals surface area contributed by atoms with Crippen LogP contribution in [0.25, 0.3) is 0 Å². The van der Waals surface area contributed by atoms with Gasteiger partial charge >= 0.3 is 11.9 Å². The lowest BCUT2D eigenvalue weighted by molar-refractivity contribution is -0.152. The minimum absolute atomic E-state index is 0.0810. The fraction of sp³-hybridized carbons (Fsp3) is 0.176. The van der Waals surface area contributed by atoms with Crippen LogP contribution in [0.3, 0.4) is 0 Å². The molecule has 2 rings (SSSR count). The second kappa shape index (κ2) is 8.18. The van der Waals surface area contributed by atoms with Crippen LogP contribution in [-0.4, -0.2) is 18.5 Å². The normalized spacial score (nSPS) is 10.3. The van der Waals surface area contributed by atoms with Crippen molar-refractivity contribution in [3.05, 3.63) is 51.8 Å². The monoisotopic (exact) mass is 385 g/mol. The molecule has 0 aromatic heterocycles. The molecule has 1 amide bonds. The maximum Gasteiger partial charge on any atom is 0.397 e. The number of hydrogen-bond donors (Lipinski definition) is 1. The molecule has 0 aliphatic heterocycles. The van der Waals surface area contributed by atoms with Crippen molar-refractivity contribution in [3.8, 4) is 11.5 Å². The lowest BCUT2D eigenvalue weighted by Gasteiger charge is -2.12. The minimum Gasteiger partial charge on any atom is -0.459 e. The van der Waals surface area contributed by atoms with Gasteiger partial charge in [0.05, 0.1) is 16.7 Å². The summed E-state index contributed by atoms with van der Waals surface area (Å²) >= 11 is 12.3. The van der Waals surface area contributed by atoms with Crippen molar-refractivity contribution in [3.63, 3.8) is 0 Å². The first-order valence-corrected chi connectivity index (χ1v) is 7.98. The smallest absolute Gasteiger partial charge is 0.397 e. The summed E-state index contributed by atoms with van der Waals surface area (Å²) in [7, 11) is 0. The van der Waals surface area contributed by atoms with E-state index in [0.717, 1.165) is 0 Å². The molecule has 0 aliphatic carbocycles. The van der Waals surface area contributed by atoms with Gasteiger partial charge in [-0.25, -0.2) is 9.18 Å². The Labute approximate surface area is 153 Å². The van der Waals surface area contributed by atoms with Gasteiger partial charge in [0.25, 0.3) is 0 Å². The molecule has 0 fully saturated rings. The Morgan fingerprint density at radius 1 is 1.16 bits per heavy atom. The van der Waals surface area contributed by atoms with E-state index in [1.807, 2.05) is 0 Å². The summed E-state index contributed by atoms with van der Waals surface area (Å²) < 4.78 is 23.5. The number of nitrogens with one attached hydrogen (secondary N) is 1. The summed E-state index contributed by atoms with van der Waals surface area (Å²) in [5.74, 6) is -1.83. The average molecular weight is 386 g/mol. The van der Waals surface area contributed by atoms with Crippen molar-refractivity contribution in [2.45, 2.75) is 13.8 Å². The van der Waals surface area contributed by atoms with Gasteiger partial charge in [-0.3, -0.25) is 4.79 Å². The first kappa shape index (κ1) is 19.0. The van der Waals surface area contributed by atoms with Crippen LogP contribution >= 0.6 is 23.2 Å². The zero-order valence-electron chi connectivity index (χ0n) is 13.4. The predicted molar refractivity (Wildman–Crippen MR) is 92.9 cm³/mol. The summed E-state index contributed by atoms with van der Waals surface area (Å²) in [5, 5.41) is 2.54. The van der Waals surface area contributed by atoms with Crippen molar-refractivity contribution >= 4 is 40.8 Å². The number of amides is 1. The second-order valence-electron chi connectivity index (χ2n) is 4.96. The second-order valence-corrected chi connectivity index (χ2v) is 5.77. The largest absolute Gasteiger partial charge is 0.459 e. The Bertz CT molecular complexity index is 803. The lowest BCUT2D eigenvalue weighted by atomic mass is 10.2. The van der Waals surface area contributed by atoms with E-state index in [1.54, 1.807) is 13.8 Å². The molecule has 8 heteroatoms. The molecule has 0 saturated heterocycles. The van der Waals surface area contributed by atoms with E-state index in [2.05, 4.69) is 10.1 Å². The van der Waals surface area contributed by atoms with Crippen LogP contribution < -0.4 is 10.1 Å². The van der Waals surface area contributed by atoms with E-state index in [4.69, 9.17) is 27.9 Å². The minimum atomic E-state index is -1.02. The molecule has 25 heavy (non-hydrogen) atoms. The first-order valence-electron chi connectivity index (χ1n) is 7.23. The Hall–Kier alpha value is -2.31. The van der Waals surface area contributed by atoms with E-state index in [9.17, 15) is 14.0 Å². The predicted octanol–water partition coefficient (Wildman–Crippen LogP) is 4.73. The van der Waals surface area contributed by atoms with Crippen molar-refractivity contribution in [1.29, 1.82) is 0 Å². The average Bonchev–Trinajstić information content (AvgIpc) is 2.54. The molecule has 0 aliphatic rings. The molecular weight excluding hydrogens is 372 g/mol. The van der Waals surface area contributed by atoms with Gasteiger partial charge in [-0.1, -0.05) is 23.2 Å². The van der Waals surface area contributed by atoms with Gasteiger partial charge in [0.2, 0.25) is 0 Å². The molecule has 1 N–H and O–H groups in total. The molecule has 2 aromatic rings. The van der Waals surface area contributed by atoms with Crippen LogP contribution in [0.1, 0.15) is 12.5 Å². The number of ether oxygens (including phenoxy) is 2. The molecule has 0 atom stereocenters. The third-order valence-electron chi connectivity index (χ3n) is 3.07. The fourth-order valence-electron chi connectivity index (χ4n) is 1.91. The number of halogens is 3. The Balaban J connectivity index is 2.20. The summed E-state index contributed by atoms with van der Waals surface area (Å²) in [6.45, 7) is 3.26. The highest BCUT2D eigenvalue weighted by molar-refractivity contribution is 6.39. The SMILES string of the molecule is CCOC(=O)C(=O)Nc1cc(Cl)c(Oc2ccc(F)c(C)c2)c(Cl)c1. The fourth-order valence-corrected chi connectivity index (χ4v) is 2.47. The maximum atomic E-state index is 13.3. The van der Waals surface area contributed by atoms with E-state index in [0.29, 0.717) is 11.3 Å². The van der Waals surface area contributed by atoms with Crippen LogP contribution in [-0.2, 0) is 14.3 Å². The number of hydrogen-bond acceptors (Lipinski definition) is 4. The highest BCUT2D eigenvalue weighted by Gasteiger charge is 2.17. The first-order chi connectivity index (χ1) is 11.8. The molecule has 0 unspecified atom stereocenters. The zero-order valence-corrected chi connectivity index (χ0v) is 14.9. The van der Waals surface area contributed by atoms with E-state index in [1.165, 1.54) is 30.3 Å². The quantitative estimate of drug-likeness (QED) is 0.609. The molecule has 0 spiro atoms.